The molecule has 1 heterocycles. The van der Waals surface area contributed by atoms with Crippen molar-refractivity contribution in [3.8, 4) is 5.75 Å². The second-order valence-electron chi connectivity index (χ2n) is 6.89. The van der Waals surface area contributed by atoms with E-state index in [0.717, 1.165) is 22.7 Å². The minimum absolute atomic E-state index is 0.0104. The second-order valence-corrected chi connectivity index (χ2v) is 6.89. The van der Waals surface area contributed by atoms with E-state index in [2.05, 4.69) is 15.3 Å². The Kier molecular flexibility index (Phi) is 4.77. The summed E-state index contributed by atoms with van der Waals surface area (Å²) in [6.45, 7) is 1.83. The number of aromatic nitrogens is 2. The molecule has 142 valence electrons. The number of halogens is 1. The van der Waals surface area contributed by atoms with E-state index in [1.165, 1.54) is 12.1 Å². The van der Waals surface area contributed by atoms with Crippen LogP contribution in [0.2, 0.25) is 0 Å². The van der Waals surface area contributed by atoms with Gasteiger partial charge in [-0.1, -0.05) is 12.1 Å². The number of anilines is 2. The minimum Gasteiger partial charge on any atom is -0.497 e. The molecule has 0 bridgehead atoms. The molecule has 28 heavy (non-hydrogen) atoms. The first-order valence-corrected chi connectivity index (χ1v) is 9.10. The maximum atomic E-state index is 13.2. The zero-order valence-corrected chi connectivity index (χ0v) is 15.7. The lowest BCUT2D eigenvalue weighted by Gasteiger charge is -2.24. The SMILES string of the molecule is COc1ccc(Nc2nc(C)c3c(n2)CC(c2ccc(F)cc2)CC3=O)cc1. The third-order valence-corrected chi connectivity index (χ3v) is 5.00. The van der Waals surface area contributed by atoms with Crippen LogP contribution in [0.3, 0.4) is 0 Å². The van der Waals surface area contributed by atoms with E-state index in [1.54, 1.807) is 19.2 Å². The molecule has 0 saturated heterocycles. The molecule has 6 heteroatoms. The van der Waals surface area contributed by atoms with Crippen LogP contribution in [0.4, 0.5) is 16.0 Å². The summed E-state index contributed by atoms with van der Waals surface area (Å²) in [5, 5.41) is 3.18. The fourth-order valence-electron chi connectivity index (χ4n) is 3.60. The van der Waals surface area contributed by atoms with Gasteiger partial charge in [0.15, 0.2) is 5.78 Å². The summed E-state index contributed by atoms with van der Waals surface area (Å²) in [5.74, 6) is 0.957. The lowest BCUT2D eigenvalue weighted by Crippen LogP contribution is -2.22. The third-order valence-electron chi connectivity index (χ3n) is 5.00. The molecule has 0 fully saturated rings. The van der Waals surface area contributed by atoms with Crippen molar-refractivity contribution >= 4 is 17.4 Å². The molecule has 1 N–H and O–H groups in total. The number of rotatable bonds is 4. The molecule has 0 spiro atoms. The zero-order valence-electron chi connectivity index (χ0n) is 15.7. The number of hydrogen-bond donors (Lipinski definition) is 1. The Hall–Kier alpha value is -3.28. The summed E-state index contributed by atoms with van der Waals surface area (Å²) >= 11 is 0. The number of carbonyl (C=O) groups is 1. The summed E-state index contributed by atoms with van der Waals surface area (Å²) in [6, 6.07) is 13.8. The van der Waals surface area contributed by atoms with Crippen molar-refractivity contribution in [2.24, 2.45) is 0 Å². The normalized spacial score (nSPS) is 15.8. The van der Waals surface area contributed by atoms with Crippen LogP contribution in [0, 0.1) is 12.7 Å². The quantitative estimate of drug-likeness (QED) is 0.720. The van der Waals surface area contributed by atoms with Gasteiger partial charge in [-0.3, -0.25) is 4.79 Å². The van der Waals surface area contributed by atoms with Crippen molar-refractivity contribution < 1.29 is 13.9 Å². The third kappa shape index (κ3) is 3.58. The molecule has 0 saturated carbocycles. The van der Waals surface area contributed by atoms with Gasteiger partial charge in [0.25, 0.3) is 0 Å². The molecule has 3 aromatic rings. The number of ketones is 1. The number of ether oxygens (including phenoxy) is 1. The van der Waals surface area contributed by atoms with E-state index < -0.39 is 0 Å². The van der Waals surface area contributed by atoms with E-state index in [-0.39, 0.29) is 17.5 Å². The van der Waals surface area contributed by atoms with Crippen LogP contribution in [0.5, 0.6) is 5.75 Å². The molecule has 1 aliphatic rings. The minimum atomic E-state index is -0.282. The van der Waals surface area contributed by atoms with Gasteiger partial charge in [-0.05, 0) is 61.2 Å². The Balaban J connectivity index is 1.63. The summed E-state index contributed by atoms with van der Waals surface area (Å²) in [4.78, 5) is 21.8. The molecule has 1 aromatic heterocycles. The molecule has 2 aromatic carbocycles. The maximum absolute atomic E-state index is 13.2. The van der Waals surface area contributed by atoms with Crippen molar-refractivity contribution in [3.63, 3.8) is 0 Å². The Bertz CT molecular complexity index is 1020. The van der Waals surface area contributed by atoms with Crippen LogP contribution >= 0.6 is 0 Å². The van der Waals surface area contributed by atoms with Gasteiger partial charge in [-0.2, -0.15) is 0 Å². The Morgan fingerprint density at radius 1 is 1.04 bits per heavy atom. The van der Waals surface area contributed by atoms with Crippen LogP contribution in [0.1, 0.15) is 39.6 Å². The van der Waals surface area contributed by atoms with Gasteiger partial charge >= 0.3 is 0 Å². The summed E-state index contributed by atoms with van der Waals surface area (Å²) in [6.07, 6.45) is 1.00. The molecule has 0 amide bonds. The van der Waals surface area contributed by atoms with Gasteiger partial charge in [0.1, 0.15) is 11.6 Å². The fourth-order valence-corrected chi connectivity index (χ4v) is 3.60. The zero-order chi connectivity index (χ0) is 19.7. The lowest BCUT2D eigenvalue weighted by molar-refractivity contribution is 0.0962. The van der Waals surface area contributed by atoms with Gasteiger partial charge in [-0.15, -0.1) is 0 Å². The van der Waals surface area contributed by atoms with Gasteiger partial charge in [0, 0.05) is 12.1 Å². The number of benzene rings is 2. The smallest absolute Gasteiger partial charge is 0.227 e. The van der Waals surface area contributed by atoms with Crippen molar-refractivity contribution in [2.75, 3.05) is 12.4 Å². The highest BCUT2D eigenvalue weighted by atomic mass is 19.1. The topological polar surface area (TPSA) is 64.1 Å². The highest BCUT2D eigenvalue weighted by Gasteiger charge is 2.30. The van der Waals surface area contributed by atoms with E-state index in [9.17, 15) is 9.18 Å². The highest BCUT2D eigenvalue weighted by Crippen LogP contribution is 2.33. The number of hydrogen-bond acceptors (Lipinski definition) is 5. The molecule has 1 aliphatic carbocycles. The van der Waals surface area contributed by atoms with Gasteiger partial charge in [0.05, 0.1) is 24.1 Å². The van der Waals surface area contributed by atoms with Crippen LogP contribution in [-0.2, 0) is 6.42 Å². The van der Waals surface area contributed by atoms with E-state index in [4.69, 9.17) is 4.74 Å². The van der Waals surface area contributed by atoms with Gasteiger partial charge in [0.2, 0.25) is 5.95 Å². The van der Waals surface area contributed by atoms with Crippen molar-refractivity contribution in [1.29, 1.82) is 0 Å². The van der Waals surface area contributed by atoms with Gasteiger partial charge in [-0.25, -0.2) is 14.4 Å². The standard InChI is InChI=1S/C22H20FN3O2/c1-13-21-19(11-15(12-20(21)27)14-3-5-16(23)6-4-14)26-22(24-13)25-17-7-9-18(28-2)10-8-17/h3-10,15H,11-12H2,1-2H3,(H,24,25,26). The average molecular weight is 377 g/mol. The number of nitrogens with zero attached hydrogens (tertiary/aromatic N) is 2. The Labute approximate surface area is 162 Å². The Morgan fingerprint density at radius 3 is 2.43 bits per heavy atom. The summed E-state index contributed by atoms with van der Waals surface area (Å²) in [5.41, 5.74) is 3.79. The molecule has 1 atom stereocenters. The van der Waals surface area contributed by atoms with Crippen molar-refractivity contribution in [3.05, 3.63) is 76.9 Å². The average Bonchev–Trinajstić information content (AvgIpc) is 2.68. The Morgan fingerprint density at radius 2 is 1.75 bits per heavy atom. The fraction of sp³-hybridized carbons (Fsp3) is 0.227. The number of nitrogens with one attached hydrogen (secondary N) is 1. The first-order chi connectivity index (χ1) is 13.5. The summed E-state index contributed by atoms with van der Waals surface area (Å²) < 4.78 is 18.4. The largest absolute Gasteiger partial charge is 0.497 e. The van der Waals surface area contributed by atoms with Crippen LogP contribution < -0.4 is 10.1 Å². The van der Waals surface area contributed by atoms with Crippen LogP contribution in [0.15, 0.2) is 48.5 Å². The maximum Gasteiger partial charge on any atom is 0.227 e. The number of carbonyl (C=O) groups excluding carboxylic acids is 1. The lowest BCUT2D eigenvalue weighted by atomic mass is 9.81. The van der Waals surface area contributed by atoms with E-state index in [0.29, 0.717) is 30.0 Å². The van der Waals surface area contributed by atoms with Gasteiger partial charge < -0.3 is 10.1 Å². The first-order valence-electron chi connectivity index (χ1n) is 9.10. The van der Waals surface area contributed by atoms with Crippen molar-refractivity contribution in [2.45, 2.75) is 25.7 Å². The molecule has 1 unspecified atom stereocenters. The van der Waals surface area contributed by atoms with E-state index >= 15 is 0 Å². The number of Topliss-reactive ketones (excluding diaryl/α,β-unsaturated/α-hetero) is 1. The number of aryl methyl sites for hydroxylation is 1. The number of fused-ring (bicyclic) bond motifs is 1. The number of methoxy groups -OCH3 is 1. The molecule has 0 aliphatic heterocycles. The van der Waals surface area contributed by atoms with Crippen LogP contribution in [0.25, 0.3) is 0 Å². The first kappa shape index (κ1) is 18.1. The monoisotopic (exact) mass is 377 g/mol. The predicted octanol–water partition coefficient (Wildman–Crippen LogP) is 4.59. The van der Waals surface area contributed by atoms with E-state index in [1.807, 2.05) is 31.2 Å². The highest BCUT2D eigenvalue weighted by molar-refractivity contribution is 5.99. The summed E-state index contributed by atoms with van der Waals surface area (Å²) in [7, 11) is 1.62. The van der Waals surface area contributed by atoms with Crippen molar-refractivity contribution in [1.82, 2.24) is 9.97 Å². The predicted molar refractivity (Wildman–Crippen MR) is 105 cm³/mol. The molecular weight excluding hydrogens is 357 g/mol. The molecule has 5 nitrogen and oxygen atoms in total. The second kappa shape index (κ2) is 7.38. The molecular formula is C22H20FN3O2. The molecule has 0 radical (unpaired) electrons. The van der Waals surface area contributed by atoms with Crippen LogP contribution in [-0.4, -0.2) is 22.9 Å². The molecule has 4 rings (SSSR count).